The number of hydrogen-bond acceptors (Lipinski definition) is 5. The van der Waals surface area contributed by atoms with Crippen molar-refractivity contribution in [3.8, 4) is 5.75 Å². The van der Waals surface area contributed by atoms with Crippen molar-refractivity contribution in [3.63, 3.8) is 0 Å². The van der Waals surface area contributed by atoms with Crippen molar-refractivity contribution in [2.75, 3.05) is 19.0 Å². The number of ketones is 1. The summed E-state index contributed by atoms with van der Waals surface area (Å²) in [6, 6.07) is 13.9. The molecule has 6 heteroatoms. The third-order valence-electron chi connectivity index (χ3n) is 4.15. The first-order valence-corrected chi connectivity index (χ1v) is 9.12. The van der Waals surface area contributed by atoms with Gasteiger partial charge in [-0.2, -0.15) is 0 Å². The number of esters is 1. The fraction of sp³-hybridized carbons (Fsp3) is 0.318. The summed E-state index contributed by atoms with van der Waals surface area (Å²) in [7, 11) is 1.58. The van der Waals surface area contributed by atoms with Gasteiger partial charge in [0.1, 0.15) is 5.75 Å². The lowest BCUT2D eigenvalue weighted by Crippen LogP contribution is -2.18. The van der Waals surface area contributed by atoms with E-state index in [0.717, 1.165) is 11.3 Å². The quantitative estimate of drug-likeness (QED) is 0.528. The number of amides is 1. The number of benzene rings is 2. The molecule has 0 bridgehead atoms. The van der Waals surface area contributed by atoms with Gasteiger partial charge in [-0.3, -0.25) is 14.4 Å². The molecule has 0 radical (unpaired) electrons. The summed E-state index contributed by atoms with van der Waals surface area (Å²) in [6.07, 6.45) is 0.634. The van der Waals surface area contributed by atoms with Gasteiger partial charge in [-0.1, -0.05) is 32.0 Å². The minimum atomic E-state index is -0.444. The number of anilines is 1. The Labute approximate surface area is 164 Å². The highest BCUT2D eigenvalue weighted by molar-refractivity contribution is 5.99. The van der Waals surface area contributed by atoms with Crippen LogP contribution in [0.4, 0.5) is 5.69 Å². The number of nitrogens with one attached hydrogen (secondary N) is 1. The number of ether oxygens (including phenoxy) is 2. The standard InChI is InChI=1S/C22H25NO5/c1-15(2)22(26)23-18-11-8-16(9-12-18)19(24)14-28-21(25)13-10-17-6-4-5-7-20(17)27-3/h4-9,11-12,15H,10,13-14H2,1-3H3,(H,23,26). The van der Waals surface area contributed by atoms with Gasteiger partial charge in [0, 0.05) is 23.6 Å². The Balaban J connectivity index is 1.81. The Kier molecular flexibility index (Phi) is 7.75. The highest BCUT2D eigenvalue weighted by Gasteiger charge is 2.12. The molecule has 0 unspecified atom stereocenters. The SMILES string of the molecule is COc1ccccc1CCC(=O)OCC(=O)c1ccc(NC(=O)C(C)C)cc1. The van der Waals surface area contributed by atoms with Crippen LogP contribution < -0.4 is 10.1 Å². The van der Waals surface area contributed by atoms with Gasteiger partial charge >= 0.3 is 5.97 Å². The van der Waals surface area contributed by atoms with Gasteiger partial charge in [0.25, 0.3) is 0 Å². The van der Waals surface area contributed by atoms with E-state index in [1.807, 2.05) is 24.3 Å². The minimum Gasteiger partial charge on any atom is -0.496 e. The maximum absolute atomic E-state index is 12.2. The van der Waals surface area contributed by atoms with E-state index in [4.69, 9.17) is 9.47 Å². The lowest BCUT2D eigenvalue weighted by atomic mass is 10.1. The molecule has 1 N–H and O–H groups in total. The first kappa shape index (κ1) is 21.2. The third-order valence-corrected chi connectivity index (χ3v) is 4.15. The number of rotatable bonds is 9. The normalized spacial score (nSPS) is 10.4. The number of aryl methyl sites for hydroxylation is 1. The highest BCUT2D eigenvalue weighted by Crippen LogP contribution is 2.19. The third kappa shape index (κ3) is 6.23. The molecule has 0 aliphatic rings. The predicted molar refractivity (Wildman–Crippen MR) is 107 cm³/mol. The van der Waals surface area contributed by atoms with Gasteiger partial charge in [0.05, 0.1) is 7.11 Å². The molecule has 0 fully saturated rings. The molecule has 2 aromatic carbocycles. The van der Waals surface area contributed by atoms with Crippen LogP contribution in [0, 0.1) is 5.92 Å². The molecule has 6 nitrogen and oxygen atoms in total. The largest absolute Gasteiger partial charge is 0.496 e. The highest BCUT2D eigenvalue weighted by atomic mass is 16.5. The fourth-order valence-corrected chi connectivity index (χ4v) is 2.47. The summed E-state index contributed by atoms with van der Waals surface area (Å²) in [5.74, 6) is -0.247. The Morgan fingerprint density at radius 3 is 2.32 bits per heavy atom. The summed E-state index contributed by atoms with van der Waals surface area (Å²) < 4.78 is 10.3. The second-order valence-corrected chi connectivity index (χ2v) is 6.62. The van der Waals surface area contributed by atoms with Crippen molar-refractivity contribution in [3.05, 3.63) is 59.7 Å². The Hall–Kier alpha value is -3.15. The number of Topliss-reactive ketones (excluding diaryl/α,β-unsaturated/α-hetero) is 1. The molecule has 2 aromatic rings. The zero-order valence-corrected chi connectivity index (χ0v) is 16.4. The van der Waals surface area contributed by atoms with Crippen LogP contribution in [-0.2, 0) is 20.7 Å². The van der Waals surface area contributed by atoms with Crippen LogP contribution >= 0.6 is 0 Å². The molecular weight excluding hydrogens is 358 g/mol. The van der Waals surface area contributed by atoms with Crippen LogP contribution in [0.3, 0.4) is 0 Å². The average Bonchev–Trinajstić information content (AvgIpc) is 2.71. The van der Waals surface area contributed by atoms with Crippen molar-refractivity contribution in [2.45, 2.75) is 26.7 Å². The number of hydrogen-bond donors (Lipinski definition) is 1. The first-order chi connectivity index (χ1) is 13.4. The van der Waals surface area contributed by atoms with Crippen molar-refractivity contribution >= 4 is 23.3 Å². The molecule has 0 aliphatic heterocycles. The fourth-order valence-electron chi connectivity index (χ4n) is 2.47. The summed E-state index contributed by atoms with van der Waals surface area (Å²) in [6.45, 7) is 3.29. The molecule has 148 valence electrons. The lowest BCUT2D eigenvalue weighted by Gasteiger charge is -2.09. The van der Waals surface area contributed by atoms with Gasteiger partial charge < -0.3 is 14.8 Å². The maximum Gasteiger partial charge on any atom is 0.306 e. The topological polar surface area (TPSA) is 81.7 Å². The second kappa shape index (κ2) is 10.3. The summed E-state index contributed by atoms with van der Waals surface area (Å²) in [4.78, 5) is 35.8. The number of para-hydroxylation sites is 1. The van der Waals surface area contributed by atoms with E-state index < -0.39 is 5.97 Å². The van der Waals surface area contributed by atoms with Gasteiger partial charge in [-0.25, -0.2) is 0 Å². The van der Waals surface area contributed by atoms with Gasteiger partial charge in [-0.15, -0.1) is 0 Å². The van der Waals surface area contributed by atoms with Crippen LogP contribution in [0.1, 0.15) is 36.2 Å². The molecule has 28 heavy (non-hydrogen) atoms. The van der Waals surface area contributed by atoms with Crippen LogP contribution in [0.2, 0.25) is 0 Å². The molecule has 0 spiro atoms. The number of methoxy groups -OCH3 is 1. The van der Waals surface area contributed by atoms with Crippen LogP contribution in [0.15, 0.2) is 48.5 Å². The van der Waals surface area contributed by atoms with E-state index in [2.05, 4.69) is 5.32 Å². The zero-order valence-electron chi connectivity index (χ0n) is 16.4. The van der Waals surface area contributed by atoms with E-state index in [1.165, 1.54) is 0 Å². The van der Waals surface area contributed by atoms with E-state index in [9.17, 15) is 14.4 Å². The van der Waals surface area contributed by atoms with Crippen LogP contribution in [-0.4, -0.2) is 31.4 Å². The van der Waals surface area contributed by atoms with E-state index in [0.29, 0.717) is 17.7 Å². The Morgan fingerprint density at radius 1 is 1.00 bits per heavy atom. The smallest absolute Gasteiger partial charge is 0.306 e. The summed E-state index contributed by atoms with van der Waals surface area (Å²) in [5, 5.41) is 2.75. The van der Waals surface area contributed by atoms with E-state index in [-0.39, 0.29) is 30.6 Å². The predicted octanol–water partition coefficient (Wildman–Crippen LogP) is 3.65. The lowest BCUT2D eigenvalue weighted by molar-refractivity contribution is -0.142. The van der Waals surface area contributed by atoms with Gasteiger partial charge in [0.15, 0.2) is 12.4 Å². The number of carbonyl (C=O) groups is 3. The zero-order chi connectivity index (χ0) is 20.5. The molecule has 1 amide bonds. The maximum atomic E-state index is 12.2. The van der Waals surface area contributed by atoms with Crippen LogP contribution in [0.5, 0.6) is 5.75 Å². The molecular formula is C22H25NO5. The monoisotopic (exact) mass is 383 g/mol. The van der Waals surface area contributed by atoms with Crippen molar-refractivity contribution < 1.29 is 23.9 Å². The van der Waals surface area contributed by atoms with E-state index >= 15 is 0 Å². The first-order valence-electron chi connectivity index (χ1n) is 9.12. The van der Waals surface area contributed by atoms with Crippen LogP contribution in [0.25, 0.3) is 0 Å². The minimum absolute atomic E-state index is 0.0944. The number of carbonyl (C=O) groups excluding carboxylic acids is 3. The molecule has 0 aliphatic carbocycles. The van der Waals surface area contributed by atoms with Gasteiger partial charge in [0.2, 0.25) is 5.91 Å². The van der Waals surface area contributed by atoms with E-state index in [1.54, 1.807) is 45.2 Å². The second-order valence-electron chi connectivity index (χ2n) is 6.62. The molecule has 0 saturated heterocycles. The Bertz CT molecular complexity index is 827. The molecule has 0 aromatic heterocycles. The summed E-state index contributed by atoms with van der Waals surface area (Å²) in [5.41, 5.74) is 1.94. The molecule has 0 atom stereocenters. The van der Waals surface area contributed by atoms with Gasteiger partial charge in [-0.05, 0) is 42.3 Å². The Morgan fingerprint density at radius 2 is 1.68 bits per heavy atom. The molecule has 0 saturated carbocycles. The van der Waals surface area contributed by atoms with Crippen molar-refractivity contribution in [1.29, 1.82) is 0 Å². The van der Waals surface area contributed by atoms with Crippen molar-refractivity contribution in [2.24, 2.45) is 5.92 Å². The summed E-state index contributed by atoms with van der Waals surface area (Å²) >= 11 is 0. The molecule has 2 rings (SSSR count). The van der Waals surface area contributed by atoms with Crippen molar-refractivity contribution in [1.82, 2.24) is 0 Å². The molecule has 0 heterocycles. The average molecular weight is 383 g/mol.